The van der Waals surface area contributed by atoms with E-state index in [-0.39, 0.29) is 5.91 Å². The second-order valence-electron chi connectivity index (χ2n) is 7.51. The number of benzene rings is 3. The molecule has 7 heteroatoms. The lowest BCUT2D eigenvalue weighted by Crippen LogP contribution is -2.38. The van der Waals surface area contributed by atoms with Crippen LogP contribution in [0, 0.1) is 0 Å². The zero-order chi connectivity index (χ0) is 23.2. The van der Waals surface area contributed by atoms with Gasteiger partial charge in [-0.3, -0.25) is 9.69 Å². The van der Waals surface area contributed by atoms with Gasteiger partial charge in [-0.1, -0.05) is 67.1 Å². The first kappa shape index (κ1) is 23.2. The van der Waals surface area contributed by atoms with E-state index in [1.54, 1.807) is 11.0 Å². The van der Waals surface area contributed by atoms with Gasteiger partial charge in [-0.25, -0.2) is 4.98 Å². The van der Waals surface area contributed by atoms with Crippen molar-refractivity contribution in [1.82, 2.24) is 9.88 Å². The van der Waals surface area contributed by atoms with Crippen LogP contribution in [-0.2, 0) is 0 Å². The van der Waals surface area contributed by atoms with Gasteiger partial charge in [0.25, 0.3) is 5.91 Å². The van der Waals surface area contributed by atoms with Gasteiger partial charge in [0, 0.05) is 18.7 Å². The normalized spacial score (nSPS) is 11.2. The lowest BCUT2D eigenvalue weighted by atomic mass is 10.2. The van der Waals surface area contributed by atoms with Crippen LogP contribution in [0.4, 0.5) is 5.13 Å². The van der Waals surface area contributed by atoms with E-state index in [9.17, 15) is 4.79 Å². The van der Waals surface area contributed by atoms with E-state index in [0.29, 0.717) is 28.0 Å². The van der Waals surface area contributed by atoms with Crippen LogP contribution < -0.4 is 9.64 Å². The number of nitrogens with zero attached hydrogens (tertiary/aromatic N) is 3. The molecule has 33 heavy (non-hydrogen) atoms. The molecular weight excluding hydrogens is 454 g/mol. The summed E-state index contributed by atoms with van der Waals surface area (Å²) in [6.07, 6.45) is 0. The molecule has 170 valence electrons. The largest absolute Gasteiger partial charge is 0.457 e. The highest BCUT2D eigenvalue weighted by Gasteiger charge is 2.23. The molecule has 0 saturated heterocycles. The molecule has 1 aromatic heterocycles. The molecule has 0 bridgehead atoms. The first-order chi connectivity index (χ1) is 16.1. The van der Waals surface area contributed by atoms with E-state index in [1.807, 2.05) is 66.7 Å². The second kappa shape index (κ2) is 10.8. The van der Waals surface area contributed by atoms with Crippen molar-refractivity contribution < 1.29 is 9.53 Å². The number of ether oxygens (including phenoxy) is 1. The maximum Gasteiger partial charge on any atom is 0.260 e. The number of hydrogen-bond donors (Lipinski definition) is 0. The molecule has 0 radical (unpaired) electrons. The molecule has 0 spiro atoms. The number of thiazole rings is 1. The summed E-state index contributed by atoms with van der Waals surface area (Å²) in [5.41, 5.74) is 1.27. The average Bonchev–Trinajstić information content (AvgIpc) is 3.28. The summed E-state index contributed by atoms with van der Waals surface area (Å²) >= 11 is 7.83. The maximum absolute atomic E-state index is 13.7. The van der Waals surface area contributed by atoms with Gasteiger partial charge in [0.2, 0.25) is 0 Å². The van der Waals surface area contributed by atoms with Gasteiger partial charge in [0.1, 0.15) is 17.0 Å². The van der Waals surface area contributed by atoms with Gasteiger partial charge in [0.05, 0.1) is 9.72 Å². The van der Waals surface area contributed by atoms with Gasteiger partial charge in [-0.2, -0.15) is 0 Å². The van der Waals surface area contributed by atoms with Crippen LogP contribution in [0.25, 0.3) is 10.2 Å². The molecule has 4 aromatic rings. The number of anilines is 1. The molecule has 1 heterocycles. The van der Waals surface area contributed by atoms with Crippen LogP contribution in [0.15, 0.2) is 72.8 Å². The molecule has 5 nitrogen and oxygen atoms in total. The number of rotatable bonds is 9. The van der Waals surface area contributed by atoms with Crippen molar-refractivity contribution in [3.8, 4) is 11.5 Å². The van der Waals surface area contributed by atoms with Crippen LogP contribution in [0.5, 0.6) is 11.5 Å². The van der Waals surface area contributed by atoms with Crippen LogP contribution in [0.1, 0.15) is 24.2 Å². The molecular formula is C26H26ClN3O2S. The highest BCUT2D eigenvalue weighted by Crippen LogP contribution is 2.33. The summed E-state index contributed by atoms with van der Waals surface area (Å²) in [4.78, 5) is 22.4. The van der Waals surface area contributed by atoms with E-state index in [1.165, 1.54) is 11.3 Å². The monoisotopic (exact) mass is 479 g/mol. The number of para-hydroxylation sites is 2. The summed E-state index contributed by atoms with van der Waals surface area (Å²) in [7, 11) is 0. The second-order valence-corrected chi connectivity index (χ2v) is 8.93. The Morgan fingerprint density at radius 1 is 0.939 bits per heavy atom. The Hall–Kier alpha value is -2.93. The molecule has 0 aliphatic rings. The van der Waals surface area contributed by atoms with Crippen molar-refractivity contribution in [1.29, 1.82) is 0 Å². The first-order valence-electron chi connectivity index (χ1n) is 11.0. The summed E-state index contributed by atoms with van der Waals surface area (Å²) in [5, 5.41) is 1.23. The average molecular weight is 480 g/mol. The van der Waals surface area contributed by atoms with E-state index < -0.39 is 0 Å². The SMILES string of the molecule is CCN(CC)CCN(C(=O)c1cccc(Oc2ccccc2)c1)c1nc2c(Cl)cccc2s1. The maximum atomic E-state index is 13.7. The molecule has 4 rings (SSSR count). The van der Waals surface area contributed by atoms with E-state index in [4.69, 9.17) is 21.3 Å². The smallest absolute Gasteiger partial charge is 0.260 e. The van der Waals surface area contributed by atoms with Crippen molar-refractivity contribution in [3.63, 3.8) is 0 Å². The number of halogens is 1. The molecule has 0 unspecified atom stereocenters. The lowest BCUT2D eigenvalue weighted by Gasteiger charge is -2.25. The van der Waals surface area contributed by atoms with Crippen molar-refractivity contribution in [3.05, 3.63) is 83.4 Å². The first-order valence-corrected chi connectivity index (χ1v) is 12.2. The molecule has 0 aliphatic heterocycles. The van der Waals surface area contributed by atoms with E-state index in [2.05, 4.69) is 18.7 Å². The van der Waals surface area contributed by atoms with Crippen LogP contribution in [0.2, 0.25) is 5.02 Å². The Balaban J connectivity index is 1.65. The third-order valence-electron chi connectivity index (χ3n) is 5.43. The zero-order valence-electron chi connectivity index (χ0n) is 18.7. The molecule has 0 saturated carbocycles. The lowest BCUT2D eigenvalue weighted by molar-refractivity contribution is 0.0983. The fourth-order valence-electron chi connectivity index (χ4n) is 3.56. The minimum Gasteiger partial charge on any atom is -0.457 e. The van der Waals surface area contributed by atoms with E-state index in [0.717, 1.165) is 35.6 Å². The number of amides is 1. The summed E-state index contributed by atoms with van der Waals surface area (Å²) < 4.78 is 6.90. The van der Waals surface area contributed by atoms with Crippen molar-refractivity contribution in [2.75, 3.05) is 31.1 Å². The highest BCUT2D eigenvalue weighted by molar-refractivity contribution is 7.22. The fraction of sp³-hybridized carbons (Fsp3) is 0.231. The molecule has 0 N–H and O–H groups in total. The minimum atomic E-state index is -0.115. The standard InChI is InChI=1S/C26H26ClN3O2S/c1-3-29(4-2)16-17-30(26-28-24-22(27)14-9-15-23(24)33-26)25(31)19-10-8-13-21(18-19)32-20-11-6-5-7-12-20/h5-15,18H,3-4,16-17H2,1-2H3. The Kier molecular flexibility index (Phi) is 7.60. The van der Waals surface area contributed by atoms with Crippen molar-refractivity contribution in [2.45, 2.75) is 13.8 Å². The Morgan fingerprint density at radius 2 is 1.67 bits per heavy atom. The third kappa shape index (κ3) is 5.53. The van der Waals surface area contributed by atoms with E-state index >= 15 is 0 Å². The number of hydrogen-bond acceptors (Lipinski definition) is 5. The topological polar surface area (TPSA) is 45.7 Å². The van der Waals surface area contributed by atoms with Crippen LogP contribution >= 0.6 is 22.9 Å². The number of carbonyl (C=O) groups excluding carboxylic acids is 1. The van der Waals surface area contributed by atoms with Crippen LogP contribution in [-0.4, -0.2) is 42.0 Å². The molecule has 0 atom stereocenters. The number of fused-ring (bicyclic) bond motifs is 1. The fourth-order valence-corrected chi connectivity index (χ4v) is 4.85. The highest BCUT2D eigenvalue weighted by atomic mass is 35.5. The number of carbonyl (C=O) groups is 1. The van der Waals surface area contributed by atoms with Crippen molar-refractivity contribution in [2.24, 2.45) is 0 Å². The predicted octanol–water partition coefficient (Wildman–Crippen LogP) is 6.73. The predicted molar refractivity (Wildman–Crippen MR) is 137 cm³/mol. The van der Waals surface area contributed by atoms with Gasteiger partial charge >= 0.3 is 0 Å². The van der Waals surface area contributed by atoms with Gasteiger partial charge in [-0.15, -0.1) is 0 Å². The quantitative estimate of drug-likeness (QED) is 0.267. The number of likely N-dealkylation sites (N-methyl/N-ethyl adjacent to an activating group) is 1. The minimum absolute atomic E-state index is 0.115. The van der Waals surface area contributed by atoms with Gasteiger partial charge in [-0.05, 0) is 55.6 Å². The summed E-state index contributed by atoms with van der Waals surface area (Å²) in [6, 6.07) is 22.5. The summed E-state index contributed by atoms with van der Waals surface area (Å²) in [5.74, 6) is 1.22. The molecule has 3 aromatic carbocycles. The Labute approximate surface area is 203 Å². The Bertz CT molecular complexity index is 1220. The third-order valence-corrected chi connectivity index (χ3v) is 6.78. The van der Waals surface area contributed by atoms with Crippen molar-refractivity contribution >= 4 is 44.2 Å². The summed E-state index contributed by atoms with van der Waals surface area (Å²) in [6.45, 7) is 7.37. The molecule has 0 aliphatic carbocycles. The van der Waals surface area contributed by atoms with Gasteiger partial charge in [0.15, 0.2) is 5.13 Å². The zero-order valence-corrected chi connectivity index (χ0v) is 20.3. The Morgan fingerprint density at radius 3 is 2.39 bits per heavy atom. The molecule has 1 amide bonds. The van der Waals surface area contributed by atoms with Crippen LogP contribution in [0.3, 0.4) is 0 Å². The molecule has 0 fully saturated rings. The van der Waals surface area contributed by atoms with Gasteiger partial charge < -0.3 is 9.64 Å². The number of aromatic nitrogens is 1.